The molecule has 4 rings (SSSR count). The number of halogens is 1. The van der Waals surface area contributed by atoms with E-state index in [2.05, 4.69) is 14.8 Å². The van der Waals surface area contributed by atoms with Crippen molar-refractivity contribution in [1.29, 1.82) is 0 Å². The van der Waals surface area contributed by atoms with E-state index in [0.717, 1.165) is 73.0 Å². The molecule has 0 atom stereocenters. The summed E-state index contributed by atoms with van der Waals surface area (Å²) < 4.78 is 6.01. The normalized spacial score (nSPS) is 17.5. The Labute approximate surface area is 159 Å². The molecule has 2 aliphatic heterocycles. The van der Waals surface area contributed by atoms with Gasteiger partial charge in [-0.3, -0.25) is 4.98 Å². The topological polar surface area (TPSA) is 54.6 Å². The Morgan fingerprint density at radius 2 is 1.96 bits per heavy atom. The van der Waals surface area contributed by atoms with Crippen LogP contribution >= 0.6 is 11.6 Å². The maximum absolute atomic E-state index is 6.25. The van der Waals surface area contributed by atoms with E-state index in [1.165, 1.54) is 12.8 Å². The molecule has 26 heavy (non-hydrogen) atoms. The third kappa shape index (κ3) is 3.65. The average molecular weight is 373 g/mol. The van der Waals surface area contributed by atoms with Crippen molar-refractivity contribution in [2.45, 2.75) is 19.3 Å². The molecule has 1 aromatic heterocycles. The maximum Gasteiger partial charge on any atom is 0.169 e. The summed E-state index contributed by atoms with van der Waals surface area (Å²) in [6.45, 7) is 5.04. The predicted octanol–water partition coefficient (Wildman–Crippen LogP) is 4.04. The summed E-state index contributed by atoms with van der Waals surface area (Å²) in [5.74, 6) is 2.40. The molecule has 0 spiro atoms. The van der Waals surface area contributed by atoms with E-state index in [0.29, 0.717) is 0 Å². The number of pyridine rings is 1. The summed E-state index contributed by atoms with van der Waals surface area (Å²) in [4.78, 5) is 9.01. The van der Waals surface area contributed by atoms with E-state index in [-0.39, 0.29) is 0 Å². The fourth-order valence-corrected chi connectivity index (χ4v) is 4.11. The molecule has 1 fully saturated rings. The first-order valence-electron chi connectivity index (χ1n) is 9.36. The molecule has 0 bridgehead atoms. The third-order valence-electron chi connectivity index (χ3n) is 5.40. The van der Waals surface area contributed by atoms with E-state index in [1.807, 2.05) is 30.5 Å². The lowest BCUT2D eigenvalue weighted by atomic mass is 9.93. The highest BCUT2D eigenvalue weighted by molar-refractivity contribution is 6.31. The molecule has 2 aromatic rings. The molecular weight excluding hydrogens is 348 g/mol. The molecule has 3 heterocycles. The summed E-state index contributed by atoms with van der Waals surface area (Å²) in [7, 11) is 0. The van der Waals surface area contributed by atoms with Crippen LogP contribution in [0.25, 0.3) is 0 Å². The van der Waals surface area contributed by atoms with Gasteiger partial charge in [0.15, 0.2) is 11.5 Å². The van der Waals surface area contributed by atoms with E-state index < -0.39 is 0 Å². The van der Waals surface area contributed by atoms with Crippen molar-refractivity contribution < 1.29 is 4.74 Å². The zero-order valence-electron chi connectivity index (χ0n) is 14.9. The van der Waals surface area contributed by atoms with Gasteiger partial charge < -0.3 is 20.3 Å². The van der Waals surface area contributed by atoms with Gasteiger partial charge in [-0.2, -0.15) is 0 Å². The number of rotatable bonds is 5. The van der Waals surface area contributed by atoms with E-state index in [1.54, 1.807) is 6.20 Å². The predicted molar refractivity (Wildman–Crippen MR) is 106 cm³/mol. The van der Waals surface area contributed by atoms with Gasteiger partial charge >= 0.3 is 0 Å². The van der Waals surface area contributed by atoms with Gasteiger partial charge in [0.2, 0.25) is 0 Å². The van der Waals surface area contributed by atoms with Crippen LogP contribution in [-0.2, 0) is 0 Å². The monoisotopic (exact) mass is 372 g/mol. The van der Waals surface area contributed by atoms with Crippen LogP contribution < -0.4 is 15.4 Å². The number of aromatic nitrogens is 1. The molecule has 0 aliphatic carbocycles. The number of hydrogen-bond donors (Lipinski definition) is 1. The van der Waals surface area contributed by atoms with Crippen LogP contribution in [0.3, 0.4) is 0 Å². The van der Waals surface area contributed by atoms with Crippen LogP contribution in [0.5, 0.6) is 11.5 Å². The second kappa shape index (κ2) is 7.82. The van der Waals surface area contributed by atoms with Crippen LogP contribution in [0.2, 0.25) is 5.02 Å². The highest BCUT2D eigenvalue weighted by Gasteiger charge is 2.26. The summed E-state index contributed by atoms with van der Waals surface area (Å²) in [6, 6.07) is 7.81. The molecule has 2 N–H and O–H groups in total. The fourth-order valence-electron chi connectivity index (χ4n) is 3.94. The maximum atomic E-state index is 6.25. The molecule has 5 nitrogen and oxygen atoms in total. The smallest absolute Gasteiger partial charge is 0.169 e. The van der Waals surface area contributed by atoms with E-state index >= 15 is 0 Å². The lowest BCUT2D eigenvalue weighted by molar-refractivity contribution is 0.184. The number of hydrogen-bond acceptors (Lipinski definition) is 5. The van der Waals surface area contributed by atoms with Gasteiger partial charge in [0.25, 0.3) is 0 Å². The number of nitrogens with two attached hydrogens (primary N) is 1. The Hall–Kier alpha value is -1.82. The minimum absolute atomic E-state index is 0.727. The van der Waals surface area contributed by atoms with Gasteiger partial charge in [0.05, 0.1) is 17.6 Å². The first kappa shape index (κ1) is 17.6. The minimum atomic E-state index is 0.727. The number of ether oxygens (including phenoxy) is 1. The summed E-state index contributed by atoms with van der Waals surface area (Å²) >= 11 is 6.25. The van der Waals surface area contributed by atoms with Crippen molar-refractivity contribution in [2.75, 3.05) is 37.6 Å². The van der Waals surface area contributed by atoms with Crippen LogP contribution in [0.1, 0.15) is 19.3 Å². The number of fused-ring (bicyclic) bond motifs is 2. The average Bonchev–Trinajstić information content (AvgIpc) is 2.67. The van der Waals surface area contributed by atoms with Crippen LogP contribution in [0, 0.1) is 5.92 Å². The Morgan fingerprint density at radius 1 is 1.12 bits per heavy atom. The zero-order valence-corrected chi connectivity index (χ0v) is 15.7. The third-order valence-corrected chi connectivity index (χ3v) is 5.63. The van der Waals surface area contributed by atoms with Crippen molar-refractivity contribution in [3.05, 3.63) is 41.7 Å². The summed E-state index contributed by atoms with van der Waals surface area (Å²) in [6.07, 6.45) is 7.25. The van der Waals surface area contributed by atoms with Gasteiger partial charge in [-0.1, -0.05) is 11.6 Å². The van der Waals surface area contributed by atoms with Crippen molar-refractivity contribution in [1.82, 2.24) is 9.88 Å². The van der Waals surface area contributed by atoms with Crippen LogP contribution in [-0.4, -0.2) is 42.6 Å². The van der Waals surface area contributed by atoms with Gasteiger partial charge in [-0.05, 0) is 62.5 Å². The van der Waals surface area contributed by atoms with Crippen molar-refractivity contribution in [2.24, 2.45) is 11.7 Å². The van der Waals surface area contributed by atoms with Gasteiger partial charge in [0.1, 0.15) is 0 Å². The lowest BCUT2D eigenvalue weighted by Gasteiger charge is -2.35. The number of anilines is 2. The van der Waals surface area contributed by atoms with Gasteiger partial charge in [0, 0.05) is 30.9 Å². The first-order chi connectivity index (χ1) is 12.7. The van der Waals surface area contributed by atoms with Crippen LogP contribution in [0.15, 0.2) is 36.7 Å². The second-order valence-corrected chi connectivity index (χ2v) is 7.51. The van der Waals surface area contributed by atoms with Gasteiger partial charge in [-0.25, -0.2) is 0 Å². The quantitative estimate of drug-likeness (QED) is 0.858. The van der Waals surface area contributed by atoms with Crippen LogP contribution in [0.4, 0.5) is 11.4 Å². The first-order valence-corrected chi connectivity index (χ1v) is 9.74. The fraction of sp³-hybridized carbons (Fsp3) is 0.450. The molecule has 1 saturated heterocycles. The van der Waals surface area contributed by atoms with E-state index in [4.69, 9.17) is 22.1 Å². The molecule has 0 radical (unpaired) electrons. The summed E-state index contributed by atoms with van der Waals surface area (Å²) in [5.41, 5.74) is 7.78. The molecule has 0 saturated carbocycles. The SMILES string of the molecule is NCCN1CCC(CCN2c3ccncc3Oc3ccc(Cl)cc32)CC1. The molecule has 2 aliphatic rings. The molecular formula is C20H25ClN4O. The minimum Gasteiger partial charge on any atom is -0.451 e. The Kier molecular flexibility index (Phi) is 5.29. The number of nitrogens with zero attached hydrogens (tertiary/aromatic N) is 3. The van der Waals surface area contributed by atoms with E-state index in [9.17, 15) is 0 Å². The molecule has 1 aromatic carbocycles. The molecule has 6 heteroatoms. The Bertz CT molecular complexity index is 761. The largest absolute Gasteiger partial charge is 0.451 e. The number of piperidine rings is 1. The van der Waals surface area contributed by atoms with Crippen molar-refractivity contribution >= 4 is 23.0 Å². The highest BCUT2D eigenvalue weighted by Crippen LogP contribution is 2.47. The van der Waals surface area contributed by atoms with Crippen molar-refractivity contribution in [3.63, 3.8) is 0 Å². The molecule has 0 amide bonds. The number of benzene rings is 1. The standard InChI is InChI=1S/C20H25ClN4O/c21-16-1-2-19-18(13-16)25(17-3-8-23-14-20(17)26-19)11-6-15-4-9-24(10-5-15)12-7-22/h1-3,8,13-15H,4-7,9-12,22H2. The highest BCUT2D eigenvalue weighted by atomic mass is 35.5. The van der Waals surface area contributed by atoms with Gasteiger partial charge in [-0.15, -0.1) is 0 Å². The molecule has 0 unspecified atom stereocenters. The van der Waals surface area contributed by atoms with Crippen molar-refractivity contribution in [3.8, 4) is 11.5 Å². The molecule has 138 valence electrons. The Balaban J connectivity index is 1.49. The number of likely N-dealkylation sites (tertiary alicyclic amines) is 1. The zero-order chi connectivity index (χ0) is 17.9. The lowest BCUT2D eigenvalue weighted by Crippen LogP contribution is -2.37. The summed E-state index contributed by atoms with van der Waals surface area (Å²) in [5, 5.41) is 0.727. The Morgan fingerprint density at radius 3 is 2.77 bits per heavy atom. The second-order valence-electron chi connectivity index (χ2n) is 7.07.